The summed E-state index contributed by atoms with van der Waals surface area (Å²) >= 11 is 0. The third kappa shape index (κ3) is 1.71. The molecule has 124 valence electrons. The van der Waals surface area contributed by atoms with Crippen LogP contribution in [-0.2, 0) is 0 Å². The number of ketones is 1. The number of hydrogen-bond donors (Lipinski definition) is 0. The molecule has 2 aromatic carbocycles. The monoisotopic (exact) mass is 336 g/mol. The van der Waals surface area contributed by atoms with Gasteiger partial charge in [0, 0.05) is 23.1 Å². The van der Waals surface area contributed by atoms with E-state index in [0.717, 1.165) is 10.9 Å². The van der Waals surface area contributed by atoms with Crippen LogP contribution in [0.2, 0.25) is 0 Å². The van der Waals surface area contributed by atoms with Gasteiger partial charge in [-0.1, -0.05) is 0 Å². The third-order valence-electron chi connectivity index (χ3n) is 5.00. The first kappa shape index (κ1) is 13.2. The van der Waals surface area contributed by atoms with Gasteiger partial charge in [0.2, 0.25) is 6.79 Å². The molecule has 3 aliphatic heterocycles. The number of hydrogen-bond acceptors (Lipinski definition) is 6. The first-order valence-corrected chi connectivity index (χ1v) is 8.06. The molecule has 0 N–H and O–H groups in total. The minimum Gasteiger partial charge on any atom is -0.489 e. The number of furan rings is 1. The van der Waals surface area contributed by atoms with Crippen molar-refractivity contribution in [2.24, 2.45) is 0 Å². The summed E-state index contributed by atoms with van der Waals surface area (Å²) in [6.07, 6.45) is 1.23. The average Bonchev–Trinajstić information content (AvgIpc) is 3.26. The Morgan fingerprint density at radius 2 is 1.80 bits per heavy atom. The van der Waals surface area contributed by atoms with Gasteiger partial charge in [0.25, 0.3) is 0 Å². The Kier molecular flexibility index (Phi) is 2.36. The summed E-state index contributed by atoms with van der Waals surface area (Å²) in [6.45, 7) is 0.483. The van der Waals surface area contributed by atoms with Crippen LogP contribution in [0.1, 0.15) is 21.8 Å². The van der Waals surface area contributed by atoms with Crippen molar-refractivity contribution in [3.8, 4) is 23.0 Å². The number of carbonyl (C=O) groups excluding carboxylic acids is 1. The van der Waals surface area contributed by atoms with E-state index < -0.39 is 5.92 Å². The van der Waals surface area contributed by atoms with Gasteiger partial charge in [-0.25, -0.2) is 0 Å². The summed E-state index contributed by atoms with van der Waals surface area (Å²) in [6, 6.07) is 9.06. The van der Waals surface area contributed by atoms with Gasteiger partial charge in [0.05, 0.1) is 17.7 Å². The van der Waals surface area contributed by atoms with Crippen LogP contribution >= 0.6 is 0 Å². The van der Waals surface area contributed by atoms with Crippen LogP contribution in [-0.4, -0.2) is 25.3 Å². The van der Waals surface area contributed by atoms with E-state index in [-0.39, 0.29) is 18.7 Å². The standard InChI is InChI=1S/C19H12O6/c20-19-11-3-9-1-2-21-12(9)5-14(11)25-17-7-22-13-6-16-15(23-8-24-16)4-10(13)18(17)19/h1-6,17-18H,7-8H2/t17?,18-/m0/s1. The largest absolute Gasteiger partial charge is 0.489 e. The van der Waals surface area contributed by atoms with E-state index in [1.165, 1.54) is 0 Å². The molecule has 2 atom stereocenters. The Bertz CT molecular complexity index is 1050. The maximum atomic E-state index is 13.2. The predicted molar refractivity (Wildman–Crippen MR) is 85.8 cm³/mol. The first-order chi connectivity index (χ1) is 12.3. The Morgan fingerprint density at radius 3 is 2.72 bits per heavy atom. The molecular formula is C19H12O6. The van der Waals surface area contributed by atoms with Crippen LogP contribution in [0.4, 0.5) is 0 Å². The average molecular weight is 336 g/mol. The molecule has 0 fully saturated rings. The highest BCUT2D eigenvalue weighted by Crippen LogP contribution is 2.48. The van der Waals surface area contributed by atoms with Crippen molar-refractivity contribution in [3.63, 3.8) is 0 Å². The van der Waals surface area contributed by atoms with E-state index in [1.54, 1.807) is 18.4 Å². The lowest BCUT2D eigenvalue weighted by Gasteiger charge is -2.36. The highest BCUT2D eigenvalue weighted by molar-refractivity contribution is 6.07. The molecule has 0 saturated heterocycles. The Morgan fingerprint density at radius 1 is 0.920 bits per heavy atom. The van der Waals surface area contributed by atoms with Gasteiger partial charge in [-0.3, -0.25) is 4.79 Å². The number of benzene rings is 2. The topological polar surface area (TPSA) is 67.1 Å². The highest BCUT2D eigenvalue weighted by Gasteiger charge is 2.44. The van der Waals surface area contributed by atoms with Gasteiger partial charge in [-0.15, -0.1) is 0 Å². The molecule has 0 spiro atoms. The molecular weight excluding hydrogens is 324 g/mol. The normalized spacial score (nSPS) is 22.6. The lowest BCUT2D eigenvalue weighted by atomic mass is 9.82. The minimum atomic E-state index is -0.421. The highest BCUT2D eigenvalue weighted by atomic mass is 16.7. The van der Waals surface area contributed by atoms with Crippen molar-refractivity contribution in [1.29, 1.82) is 0 Å². The van der Waals surface area contributed by atoms with Crippen LogP contribution in [0.3, 0.4) is 0 Å². The Hall–Kier alpha value is -3.15. The number of Topliss-reactive ketones (excluding diaryl/α,β-unsaturated/α-hetero) is 1. The second-order valence-electron chi connectivity index (χ2n) is 6.36. The molecule has 6 heteroatoms. The van der Waals surface area contributed by atoms with Gasteiger partial charge in [-0.2, -0.15) is 0 Å². The summed E-state index contributed by atoms with van der Waals surface area (Å²) in [7, 11) is 0. The molecule has 3 aliphatic rings. The van der Waals surface area contributed by atoms with E-state index in [2.05, 4.69) is 0 Å². The first-order valence-electron chi connectivity index (χ1n) is 8.06. The molecule has 6 rings (SSSR count). The van der Waals surface area contributed by atoms with Gasteiger partial charge in [0.1, 0.15) is 29.8 Å². The lowest BCUT2D eigenvalue weighted by Crippen LogP contribution is -2.42. The van der Waals surface area contributed by atoms with Crippen LogP contribution in [0, 0.1) is 0 Å². The van der Waals surface area contributed by atoms with E-state index in [4.69, 9.17) is 23.4 Å². The lowest BCUT2D eigenvalue weighted by molar-refractivity contribution is 0.0561. The van der Waals surface area contributed by atoms with Crippen LogP contribution in [0.15, 0.2) is 41.0 Å². The summed E-state index contributed by atoms with van der Waals surface area (Å²) < 4.78 is 28.2. The fourth-order valence-corrected chi connectivity index (χ4v) is 3.80. The van der Waals surface area contributed by atoms with Gasteiger partial charge in [0.15, 0.2) is 17.3 Å². The maximum absolute atomic E-state index is 13.2. The molecule has 6 nitrogen and oxygen atoms in total. The van der Waals surface area contributed by atoms with Gasteiger partial charge >= 0.3 is 0 Å². The maximum Gasteiger partial charge on any atom is 0.231 e. The second kappa shape index (κ2) is 4.47. The van der Waals surface area contributed by atoms with Crippen molar-refractivity contribution in [2.75, 3.05) is 13.4 Å². The zero-order valence-corrected chi connectivity index (χ0v) is 13.0. The van der Waals surface area contributed by atoms with Gasteiger partial charge < -0.3 is 23.4 Å². The van der Waals surface area contributed by atoms with Crippen molar-refractivity contribution < 1.29 is 28.2 Å². The Labute approximate surface area is 141 Å². The smallest absolute Gasteiger partial charge is 0.231 e. The van der Waals surface area contributed by atoms with Crippen LogP contribution in [0.5, 0.6) is 23.0 Å². The zero-order valence-electron chi connectivity index (χ0n) is 13.0. The van der Waals surface area contributed by atoms with E-state index in [1.807, 2.05) is 18.2 Å². The molecule has 0 amide bonds. The summed E-state index contributed by atoms with van der Waals surface area (Å²) in [5.41, 5.74) is 2.05. The van der Waals surface area contributed by atoms with Crippen LogP contribution < -0.4 is 18.9 Å². The fraction of sp³-hybridized carbons (Fsp3) is 0.211. The number of rotatable bonds is 0. The third-order valence-corrected chi connectivity index (χ3v) is 5.00. The molecule has 1 unspecified atom stereocenters. The van der Waals surface area contributed by atoms with E-state index >= 15 is 0 Å². The second-order valence-corrected chi connectivity index (χ2v) is 6.36. The fourth-order valence-electron chi connectivity index (χ4n) is 3.80. The quantitative estimate of drug-likeness (QED) is 0.628. The number of fused-ring (bicyclic) bond motifs is 6. The summed E-state index contributed by atoms with van der Waals surface area (Å²) in [5.74, 6) is 2.07. The SMILES string of the molecule is O=C1c2cc3ccoc3cc2OC2COc3cc4c(cc3[C@H]12)OCO4. The van der Waals surface area contributed by atoms with Gasteiger partial charge in [-0.05, 0) is 18.2 Å². The molecule has 4 heterocycles. The number of carbonyl (C=O) groups is 1. The predicted octanol–water partition coefficient (Wildman–Crippen LogP) is 3.28. The molecule has 3 aromatic rings. The van der Waals surface area contributed by atoms with Crippen molar-refractivity contribution in [2.45, 2.75) is 12.0 Å². The summed E-state index contributed by atoms with van der Waals surface area (Å²) in [5, 5.41) is 0.882. The zero-order chi connectivity index (χ0) is 16.5. The van der Waals surface area contributed by atoms with E-state index in [0.29, 0.717) is 40.8 Å². The number of ether oxygens (including phenoxy) is 4. The van der Waals surface area contributed by atoms with Crippen molar-refractivity contribution in [3.05, 3.63) is 47.7 Å². The molecule has 1 aromatic heterocycles. The molecule has 0 radical (unpaired) electrons. The van der Waals surface area contributed by atoms with E-state index in [9.17, 15) is 4.79 Å². The van der Waals surface area contributed by atoms with Crippen molar-refractivity contribution >= 4 is 16.8 Å². The molecule has 0 bridgehead atoms. The minimum absolute atomic E-state index is 0.0257. The van der Waals surface area contributed by atoms with Crippen LogP contribution in [0.25, 0.3) is 11.0 Å². The molecule has 25 heavy (non-hydrogen) atoms. The molecule has 0 aliphatic carbocycles. The summed E-state index contributed by atoms with van der Waals surface area (Å²) in [4.78, 5) is 13.2. The Balaban J connectivity index is 1.52. The van der Waals surface area contributed by atoms with Crippen molar-refractivity contribution in [1.82, 2.24) is 0 Å². The molecule has 0 saturated carbocycles.